The van der Waals surface area contributed by atoms with Crippen molar-refractivity contribution in [1.82, 2.24) is 15.6 Å². The molecule has 2 aromatic rings. The molecule has 1 heterocycles. The number of halogens is 2. The van der Waals surface area contributed by atoms with Crippen molar-refractivity contribution in [2.24, 2.45) is 4.99 Å². The summed E-state index contributed by atoms with van der Waals surface area (Å²) in [7, 11) is 0. The van der Waals surface area contributed by atoms with E-state index in [0.717, 1.165) is 23.1 Å². The summed E-state index contributed by atoms with van der Waals surface area (Å²) in [5.41, 5.74) is 0.938. The first-order chi connectivity index (χ1) is 10.6. The van der Waals surface area contributed by atoms with E-state index in [2.05, 4.69) is 20.6 Å². The minimum absolute atomic E-state index is 0.488. The third-order valence-corrected chi connectivity index (χ3v) is 4.34. The molecular weight excluding hydrogens is 339 g/mol. The summed E-state index contributed by atoms with van der Waals surface area (Å²) < 4.78 is 0. The molecule has 7 heteroatoms. The number of hydrogen-bond donors (Lipinski definition) is 2. The van der Waals surface area contributed by atoms with Gasteiger partial charge in [0.15, 0.2) is 5.96 Å². The molecule has 0 unspecified atom stereocenters. The molecule has 2 N–H and O–H groups in total. The number of hydrogen-bond acceptors (Lipinski definition) is 3. The monoisotopic (exact) mass is 356 g/mol. The van der Waals surface area contributed by atoms with Gasteiger partial charge in [0.05, 0.1) is 13.1 Å². The Balaban J connectivity index is 1.99. The molecule has 0 radical (unpaired) electrons. The van der Waals surface area contributed by atoms with Gasteiger partial charge in [-0.25, -0.2) is 9.98 Å². The van der Waals surface area contributed by atoms with Gasteiger partial charge in [-0.1, -0.05) is 29.3 Å². The molecule has 0 atom stereocenters. The van der Waals surface area contributed by atoms with Crippen LogP contribution >= 0.6 is 34.5 Å². The summed E-state index contributed by atoms with van der Waals surface area (Å²) in [6, 6.07) is 5.44. The summed E-state index contributed by atoms with van der Waals surface area (Å²) in [5.74, 6) is 0.737. The number of aryl methyl sites for hydroxylation is 1. The largest absolute Gasteiger partial charge is 0.357 e. The Hall–Kier alpha value is -1.30. The fourth-order valence-electron chi connectivity index (χ4n) is 1.80. The Bertz CT molecular complexity index is 655. The van der Waals surface area contributed by atoms with Crippen LogP contribution in [0.2, 0.25) is 10.0 Å². The lowest BCUT2D eigenvalue weighted by Gasteiger charge is -2.10. The first kappa shape index (κ1) is 17.1. The fraction of sp³-hybridized carbons (Fsp3) is 0.333. The molecule has 1 aromatic heterocycles. The van der Waals surface area contributed by atoms with E-state index in [1.54, 1.807) is 17.4 Å². The first-order valence-electron chi connectivity index (χ1n) is 6.96. The van der Waals surface area contributed by atoms with Crippen LogP contribution in [0.5, 0.6) is 0 Å². The topological polar surface area (TPSA) is 49.3 Å². The van der Waals surface area contributed by atoms with E-state index in [1.165, 1.54) is 4.88 Å². The summed E-state index contributed by atoms with van der Waals surface area (Å²) >= 11 is 13.7. The van der Waals surface area contributed by atoms with Crippen molar-refractivity contribution >= 4 is 40.5 Å². The van der Waals surface area contributed by atoms with Gasteiger partial charge in [-0.3, -0.25) is 0 Å². The zero-order valence-electron chi connectivity index (χ0n) is 12.5. The van der Waals surface area contributed by atoms with E-state index < -0.39 is 0 Å². The van der Waals surface area contributed by atoms with Crippen molar-refractivity contribution in [3.63, 3.8) is 0 Å². The van der Waals surface area contributed by atoms with E-state index in [9.17, 15) is 0 Å². The number of nitrogens with zero attached hydrogens (tertiary/aromatic N) is 2. The molecule has 2 rings (SSSR count). The molecule has 22 heavy (non-hydrogen) atoms. The lowest BCUT2D eigenvalue weighted by atomic mass is 10.2. The third kappa shape index (κ3) is 5.16. The number of guanidine groups is 1. The lowest BCUT2D eigenvalue weighted by Crippen LogP contribution is -2.36. The van der Waals surface area contributed by atoms with Gasteiger partial charge in [0, 0.05) is 27.7 Å². The van der Waals surface area contributed by atoms with Crippen LogP contribution in [0.1, 0.15) is 22.4 Å². The highest BCUT2D eigenvalue weighted by molar-refractivity contribution is 7.11. The summed E-state index contributed by atoms with van der Waals surface area (Å²) in [6.07, 6.45) is 1.87. The second kappa shape index (κ2) is 8.36. The van der Waals surface area contributed by atoms with Crippen molar-refractivity contribution in [2.45, 2.75) is 26.9 Å². The maximum Gasteiger partial charge on any atom is 0.191 e. The van der Waals surface area contributed by atoms with E-state index in [4.69, 9.17) is 23.2 Å². The Morgan fingerprint density at radius 2 is 2.14 bits per heavy atom. The zero-order valence-corrected chi connectivity index (χ0v) is 14.8. The molecule has 0 saturated heterocycles. The number of aliphatic imine (C=N–C) groups is 1. The average Bonchev–Trinajstić information content (AvgIpc) is 2.89. The van der Waals surface area contributed by atoms with Crippen LogP contribution in [-0.4, -0.2) is 17.5 Å². The maximum absolute atomic E-state index is 6.16. The van der Waals surface area contributed by atoms with Gasteiger partial charge in [-0.2, -0.15) is 0 Å². The Morgan fingerprint density at radius 1 is 1.32 bits per heavy atom. The minimum atomic E-state index is 0.488. The molecule has 118 valence electrons. The van der Waals surface area contributed by atoms with Gasteiger partial charge in [0.25, 0.3) is 0 Å². The van der Waals surface area contributed by atoms with Crippen LogP contribution in [0.4, 0.5) is 0 Å². The molecule has 0 aliphatic rings. The Morgan fingerprint density at radius 3 is 2.77 bits per heavy atom. The van der Waals surface area contributed by atoms with E-state index in [1.807, 2.05) is 32.2 Å². The number of nitrogens with one attached hydrogen (secondary N) is 2. The molecule has 0 aliphatic heterocycles. The number of benzene rings is 1. The highest BCUT2D eigenvalue weighted by Gasteiger charge is 2.04. The summed E-state index contributed by atoms with van der Waals surface area (Å²) in [5, 5.41) is 8.77. The van der Waals surface area contributed by atoms with Crippen LogP contribution in [0.3, 0.4) is 0 Å². The highest BCUT2D eigenvalue weighted by Crippen LogP contribution is 2.21. The van der Waals surface area contributed by atoms with Gasteiger partial charge < -0.3 is 10.6 Å². The molecular formula is C15H18Cl2N4S. The number of aromatic nitrogens is 1. The fourth-order valence-corrected chi connectivity index (χ4v) is 2.99. The molecule has 0 bridgehead atoms. The van der Waals surface area contributed by atoms with Gasteiger partial charge in [0.2, 0.25) is 0 Å². The Kier molecular flexibility index (Phi) is 6.49. The normalized spacial score (nSPS) is 11.5. The van der Waals surface area contributed by atoms with Crippen LogP contribution in [0.25, 0.3) is 0 Å². The molecule has 0 aliphatic carbocycles. The quantitative estimate of drug-likeness (QED) is 0.628. The smallest absolute Gasteiger partial charge is 0.191 e. The van der Waals surface area contributed by atoms with Crippen LogP contribution in [-0.2, 0) is 13.1 Å². The van der Waals surface area contributed by atoms with E-state index in [-0.39, 0.29) is 0 Å². The minimum Gasteiger partial charge on any atom is -0.357 e. The third-order valence-electron chi connectivity index (χ3n) is 2.84. The van der Waals surface area contributed by atoms with Crippen molar-refractivity contribution in [3.05, 3.63) is 49.9 Å². The van der Waals surface area contributed by atoms with Crippen LogP contribution in [0, 0.1) is 6.92 Å². The summed E-state index contributed by atoms with van der Waals surface area (Å²) in [6.45, 7) is 6.00. The van der Waals surface area contributed by atoms with Crippen molar-refractivity contribution in [1.29, 1.82) is 0 Å². The molecule has 0 spiro atoms. The first-order valence-corrected chi connectivity index (χ1v) is 8.53. The number of rotatable bonds is 5. The molecule has 1 aromatic carbocycles. The predicted molar refractivity (Wildman–Crippen MR) is 95.0 cm³/mol. The van der Waals surface area contributed by atoms with Crippen molar-refractivity contribution < 1.29 is 0 Å². The second-order valence-corrected chi connectivity index (χ2v) is 6.81. The molecule has 0 saturated carbocycles. The lowest BCUT2D eigenvalue weighted by molar-refractivity contribution is 0.811. The Labute approximate surface area is 144 Å². The van der Waals surface area contributed by atoms with Gasteiger partial charge in [-0.15, -0.1) is 11.3 Å². The average molecular weight is 357 g/mol. The SMILES string of the molecule is CCNC(=NCc1ccc(Cl)cc1Cl)NCc1ncc(C)s1. The molecule has 4 nitrogen and oxygen atoms in total. The number of thiazole rings is 1. The summed E-state index contributed by atoms with van der Waals surface area (Å²) in [4.78, 5) is 10.1. The molecule has 0 fully saturated rings. The van der Waals surface area contributed by atoms with E-state index in [0.29, 0.717) is 23.1 Å². The van der Waals surface area contributed by atoms with Crippen molar-refractivity contribution in [2.75, 3.05) is 6.54 Å². The van der Waals surface area contributed by atoms with Crippen LogP contribution < -0.4 is 10.6 Å². The molecule has 0 amide bonds. The second-order valence-electron chi connectivity index (χ2n) is 4.65. The van der Waals surface area contributed by atoms with Gasteiger partial charge in [-0.05, 0) is 31.5 Å². The van der Waals surface area contributed by atoms with Gasteiger partial charge in [0.1, 0.15) is 5.01 Å². The van der Waals surface area contributed by atoms with Crippen LogP contribution in [0.15, 0.2) is 29.4 Å². The highest BCUT2D eigenvalue weighted by atomic mass is 35.5. The predicted octanol–water partition coefficient (Wildman–Crippen LogP) is 4.01. The van der Waals surface area contributed by atoms with E-state index >= 15 is 0 Å². The maximum atomic E-state index is 6.16. The zero-order chi connectivity index (χ0) is 15.9. The van der Waals surface area contributed by atoms with Gasteiger partial charge >= 0.3 is 0 Å². The van der Waals surface area contributed by atoms with Crippen molar-refractivity contribution in [3.8, 4) is 0 Å². The standard InChI is InChI=1S/C15H18Cl2N4S/c1-3-18-15(21-9-14-19-7-10(2)22-14)20-8-11-4-5-12(16)6-13(11)17/h4-7H,3,8-9H2,1-2H3,(H2,18,20,21).